The summed E-state index contributed by atoms with van der Waals surface area (Å²) in [6.45, 7) is 7.50. The van der Waals surface area contributed by atoms with E-state index in [1.165, 1.54) is 6.92 Å². The third-order valence-corrected chi connectivity index (χ3v) is 4.95. The summed E-state index contributed by atoms with van der Waals surface area (Å²) in [5, 5.41) is 0. The molecule has 28 heavy (non-hydrogen) atoms. The minimum absolute atomic E-state index is 0.0110. The standard InChI is InChI=1S/C21H22N4O3/c1-12(2)18-21(28-14(4)27)25-11-22-19-15-7-5-6-8-17(15)24(13(3)26)10-9-16(19)20(25)23-18/h5-8,11-12H,9-10H2,1-4H3. The normalized spacial score (nSPS) is 13.2. The molecule has 144 valence electrons. The topological polar surface area (TPSA) is 76.8 Å². The molecule has 0 saturated heterocycles. The summed E-state index contributed by atoms with van der Waals surface area (Å²) in [7, 11) is 0. The highest BCUT2D eigenvalue weighted by molar-refractivity contribution is 5.97. The number of hydrogen-bond donors (Lipinski definition) is 0. The quantitative estimate of drug-likeness (QED) is 0.639. The number of esters is 1. The molecule has 2 aromatic heterocycles. The predicted octanol–water partition coefficient (Wildman–Crippen LogP) is 3.35. The van der Waals surface area contributed by atoms with Crippen LogP contribution < -0.4 is 9.64 Å². The second kappa shape index (κ2) is 6.74. The highest BCUT2D eigenvalue weighted by Crippen LogP contribution is 2.38. The summed E-state index contributed by atoms with van der Waals surface area (Å²) in [6, 6.07) is 7.77. The molecule has 0 radical (unpaired) electrons. The van der Waals surface area contributed by atoms with Crippen LogP contribution in [0.2, 0.25) is 0 Å². The molecule has 0 N–H and O–H groups in total. The van der Waals surface area contributed by atoms with Crippen molar-refractivity contribution in [3.63, 3.8) is 0 Å². The van der Waals surface area contributed by atoms with E-state index in [1.807, 2.05) is 38.1 Å². The summed E-state index contributed by atoms with van der Waals surface area (Å²) >= 11 is 0. The van der Waals surface area contributed by atoms with Crippen molar-refractivity contribution < 1.29 is 14.3 Å². The van der Waals surface area contributed by atoms with Gasteiger partial charge >= 0.3 is 5.97 Å². The van der Waals surface area contributed by atoms with E-state index in [0.717, 1.165) is 22.5 Å². The molecule has 0 atom stereocenters. The Morgan fingerprint density at radius 3 is 2.61 bits per heavy atom. The van der Waals surface area contributed by atoms with Gasteiger partial charge in [0.2, 0.25) is 11.8 Å². The van der Waals surface area contributed by atoms with Crippen LogP contribution in [0.25, 0.3) is 16.9 Å². The van der Waals surface area contributed by atoms with E-state index >= 15 is 0 Å². The minimum Gasteiger partial charge on any atom is -0.407 e. The van der Waals surface area contributed by atoms with Gasteiger partial charge in [-0.3, -0.25) is 14.0 Å². The number of ether oxygens (including phenoxy) is 1. The van der Waals surface area contributed by atoms with Crippen LogP contribution in [-0.4, -0.2) is 32.8 Å². The fourth-order valence-corrected chi connectivity index (χ4v) is 3.71. The van der Waals surface area contributed by atoms with E-state index in [1.54, 1.807) is 22.6 Å². The SMILES string of the molecule is CC(=O)Oc1c(C(C)C)nc2c3c(ncn12)-c1ccccc1N(C(C)=O)CC3. The highest BCUT2D eigenvalue weighted by Gasteiger charge is 2.27. The lowest BCUT2D eigenvalue weighted by atomic mass is 10.0. The molecule has 3 heterocycles. The van der Waals surface area contributed by atoms with Crippen LogP contribution in [0.5, 0.6) is 5.88 Å². The molecule has 1 aliphatic heterocycles. The van der Waals surface area contributed by atoms with Crippen LogP contribution in [-0.2, 0) is 16.0 Å². The van der Waals surface area contributed by atoms with Crippen molar-refractivity contribution in [2.24, 2.45) is 0 Å². The fraction of sp³-hybridized carbons (Fsp3) is 0.333. The maximum atomic E-state index is 12.2. The molecule has 0 aliphatic carbocycles. The van der Waals surface area contributed by atoms with Gasteiger partial charge in [0.15, 0.2) is 0 Å². The number of amides is 1. The van der Waals surface area contributed by atoms with Crippen molar-refractivity contribution in [3.05, 3.63) is 41.9 Å². The number of para-hydroxylation sites is 1. The molecule has 0 spiro atoms. The van der Waals surface area contributed by atoms with Crippen LogP contribution in [0.3, 0.4) is 0 Å². The zero-order valence-electron chi connectivity index (χ0n) is 16.4. The van der Waals surface area contributed by atoms with E-state index in [-0.39, 0.29) is 11.8 Å². The maximum Gasteiger partial charge on any atom is 0.309 e. The molecule has 4 rings (SSSR count). The van der Waals surface area contributed by atoms with Crippen molar-refractivity contribution in [2.45, 2.75) is 40.0 Å². The van der Waals surface area contributed by atoms with Gasteiger partial charge in [0, 0.05) is 37.4 Å². The lowest BCUT2D eigenvalue weighted by molar-refractivity contribution is -0.132. The smallest absolute Gasteiger partial charge is 0.309 e. The Labute approximate surface area is 163 Å². The number of nitrogens with zero attached hydrogens (tertiary/aromatic N) is 4. The molecule has 0 unspecified atom stereocenters. The molecule has 1 aromatic carbocycles. The average molecular weight is 378 g/mol. The second-order valence-corrected chi connectivity index (χ2v) is 7.25. The number of hydrogen-bond acceptors (Lipinski definition) is 5. The van der Waals surface area contributed by atoms with Crippen molar-refractivity contribution in [2.75, 3.05) is 11.4 Å². The van der Waals surface area contributed by atoms with E-state index < -0.39 is 5.97 Å². The summed E-state index contributed by atoms with van der Waals surface area (Å²) < 4.78 is 7.21. The fourth-order valence-electron chi connectivity index (χ4n) is 3.71. The summed E-state index contributed by atoms with van der Waals surface area (Å²) in [5.74, 6) is 0.0836. The first-order valence-electron chi connectivity index (χ1n) is 9.34. The first-order chi connectivity index (χ1) is 13.4. The second-order valence-electron chi connectivity index (χ2n) is 7.25. The van der Waals surface area contributed by atoms with Crippen molar-refractivity contribution in [1.29, 1.82) is 0 Å². The molecule has 1 aliphatic rings. The van der Waals surface area contributed by atoms with E-state index in [4.69, 9.17) is 9.72 Å². The Hall–Kier alpha value is -3.22. The molecule has 0 bridgehead atoms. The molecular formula is C21H22N4O3. The highest BCUT2D eigenvalue weighted by atomic mass is 16.5. The number of carbonyl (C=O) groups excluding carboxylic acids is 2. The number of fused-ring (bicyclic) bond motifs is 5. The van der Waals surface area contributed by atoms with E-state index in [0.29, 0.717) is 30.2 Å². The molecule has 1 amide bonds. The maximum absolute atomic E-state index is 12.2. The number of imidazole rings is 1. The van der Waals surface area contributed by atoms with Crippen molar-refractivity contribution >= 4 is 23.2 Å². The zero-order valence-corrected chi connectivity index (χ0v) is 16.4. The van der Waals surface area contributed by atoms with Crippen LogP contribution in [0.4, 0.5) is 5.69 Å². The molecular weight excluding hydrogens is 356 g/mol. The third kappa shape index (κ3) is 2.83. The molecule has 3 aromatic rings. The summed E-state index contributed by atoms with van der Waals surface area (Å²) in [5.41, 5.74) is 4.93. The van der Waals surface area contributed by atoms with Gasteiger partial charge in [0.25, 0.3) is 0 Å². The van der Waals surface area contributed by atoms with Gasteiger partial charge in [0.1, 0.15) is 17.7 Å². The van der Waals surface area contributed by atoms with Crippen LogP contribution in [0, 0.1) is 0 Å². The lowest BCUT2D eigenvalue weighted by Gasteiger charge is -2.20. The van der Waals surface area contributed by atoms with Gasteiger partial charge in [-0.05, 0) is 12.5 Å². The lowest BCUT2D eigenvalue weighted by Crippen LogP contribution is -2.30. The monoisotopic (exact) mass is 378 g/mol. The van der Waals surface area contributed by atoms with Crippen molar-refractivity contribution in [3.8, 4) is 17.1 Å². The van der Waals surface area contributed by atoms with E-state index in [2.05, 4.69) is 4.98 Å². The average Bonchev–Trinajstić information content (AvgIpc) is 2.91. The third-order valence-electron chi connectivity index (χ3n) is 4.95. The number of rotatable bonds is 2. The van der Waals surface area contributed by atoms with Gasteiger partial charge < -0.3 is 9.64 Å². The summed E-state index contributed by atoms with van der Waals surface area (Å²) in [4.78, 5) is 35.1. The molecule has 7 heteroatoms. The Balaban J connectivity index is 1.99. The van der Waals surface area contributed by atoms with Crippen LogP contribution in [0.1, 0.15) is 44.9 Å². The number of anilines is 1. The first-order valence-corrected chi connectivity index (χ1v) is 9.34. The largest absolute Gasteiger partial charge is 0.407 e. The summed E-state index contributed by atoms with van der Waals surface area (Å²) in [6.07, 6.45) is 2.25. The Kier molecular flexibility index (Phi) is 4.37. The van der Waals surface area contributed by atoms with Gasteiger partial charge in [-0.15, -0.1) is 0 Å². The van der Waals surface area contributed by atoms with Gasteiger partial charge in [-0.1, -0.05) is 32.0 Å². The van der Waals surface area contributed by atoms with Crippen LogP contribution in [0.15, 0.2) is 30.6 Å². The van der Waals surface area contributed by atoms with Gasteiger partial charge in [-0.2, -0.15) is 0 Å². The zero-order chi connectivity index (χ0) is 20.0. The van der Waals surface area contributed by atoms with Gasteiger partial charge in [-0.25, -0.2) is 9.97 Å². The molecule has 0 fully saturated rings. The Morgan fingerprint density at radius 1 is 1.18 bits per heavy atom. The van der Waals surface area contributed by atoms with Crippen molar-refractivity contribution in [1.82, 2.24) is 14.4 Å². The predicted molar refractivity (Wildman–Crippen MR) is 106 cm³/mol. The van der Waals surface area contributed by atoms with Gasteiger partial charge in [0.05, 0.1) is 11.4 Å². The minimum atomic E-state index is -0.397. The number of aromatic nitrogens is 3. The Morgan fingerprint density at radius 2 is 1.93 bits per heavy atom. The molecule has 7 nitrogen and oxygen atoms in total. The van der Waals surface area contributed by atoms with E-state index in [9.17, 15) is 9.59 Å². The van der Waals surface area contributed by atoms with Crippen LogP contribution >= 0.6 is 0 Å². The molecule has 0 saturated carbocycles. The first kappa shape index (κ1) is 18.2. The number of benzene rings is 1. The Bertz CT molecular complexity index is 1100. The number of carbonyl (C=O) groups is 2.